The van der Waals surface area contributed by atoms with Crippen LogP contribution in [0.15, 0.2) is 322 Å². The van der Waals surface area contributed by atoms with Gasteiger partial charge in [0.25, 0.3) is 0 Å². The molecule has 0 spiro atoms. The summed E-state index contributed by atoms with van der Waals surface area (Å²) in [6, 6.07) is 98.4. The summed E-state index contributed by atoms with van der Waals surface area (Å²) in [7, 11) is 0. The Bertz CT molecular complexity index is 5180. The third kappa shape index (κ3) is 10.5. The number of aromatic nitrogens is 9. The van der Waals surface area contributed by atoms with E-state index in [0.29, 0.717) is 17.5 Å². The van der Waals surface area contributed by atoms with Crippen LogP contribution in [-0.2, 0) is 0 Å². The van der Waals surface area contributed by atoms with Crippen molar-refractivity contribution in [2.45, 2.75) is 0 Å². The molecule has 9 heteroatoms. The number of hydrogen-bond acceptors (Lipinski definition) is 9. The molecule has 1 aliphatic carbocycles. The van der Waals surface area contributed by atoms with Gasteiger partial charge in [-0.15, -0.1) is 0 Å². The molecule has 1 aliphatic rings. The fraction of sp³-hybridized carbons (Fsp3) is 0. The second-order valence-corrected chi connectivity index (χ2v) is 22.4. The van der Waals surface area contributed by atoms with Gasteiger partial charge in [-0.05, 0) is 162 Å². The zero-order valence-electron chi connectivity index (χ0n) is 49.6. The number of pyridine rings is 6. The number of benzene rings is 9. The third-order valence-corrected chi connectivity index (χ3v) is 16.8. The zero-order chi connectivity index (χ0) is 61.2. The van der Waals surface area contributed by atoms with Crippen molar-refractivity contribution in [3.05, 3.63) is 322 Å². The summed E-state index contributed by atoms with van der Waals surface area (Å²) in [5.41, 5.74) is 24.0. The van der Waals surface area contributed by atoms with Gasteiger partial charge in [-0.1, -0.05) is 206 Å². The van der Waals surface area contributed by atoms with Crippen molar-refractivity contribution in [2.75, 3.05) is 0 Å². The molecular weight excluding hydrogens is 1120 g/mol. The average Bonchev–Trinajstić information content (AvgIpc) is 1.54. The summed E-state index contributed by atoms with van der Waals surface area (Å²) in [4.78, 5) is 42.7. The van der Waals surface area contributed by atoms with Gasteiger partial charge in [0.15, 0.2) is 17.5 Å². The molecule has 0 amide bonds. The lowest BCUT2D eigenvalue weighted by atomic mass is 9.82. The standard InChI is InChI=1S/C47H29N3.C36H24N6/c1-5-16-30(17-6-1)40-34-24-13-14-25-35(34)41(31-18-7-2-8-19-31)44-39-29-28-37(36-26-15-27-38(42(36)39)43(40)44)47-49-45(32-20-9-3-10-21-32)48-46(50-47)33-22-11-4-12-23-33;1-3-17-38-31(8-1)33-14-12-26(23-40-33)29-19-28(25-7-6-16-37-22-25)20-30(21-29)27-13-15-34(41-24-27)36-11-5-10-35(42-36)32-9-2-4-18-39-32/h1-29H;1-24H. The van der Waals surface area contributed by atoms with Crippen molar-refractivity contribution in [2.24, 2.45) is 0 Å². The van der Waals surface area contributed by atoms with Gasteiger partial charge in [0.1, 0.15) is 0 Å². The van der Waals surface area contributed by atoms with Gasteiger partial charge in [0.2, 0.25) is 0 Å². The van der Waals surface area contributed by atoms with Gasteiger partial charge in [-0.25, -0.2) is 19.9 Å². The molecule has 7 heterocycles. The van der Waals surface area contributed by atoms with Gasteiger partial charge in [0, 0.05) is 70.6 Å². The van der Waals surface area contributed by atoms with E-state index in [4.69, 9.17) is 29.9 Å². The first-order valence-electron chi connectivity index (χ1n) is 30.6. The van der Waals surface area contributed by atoms with Crippen molar-refractivity contribution in [3.8, 4) is 146 Å². The monoisotopic (exact) mass is 1180 g/mol. The second-order valence-electron chi connectivity index (χ2n) is 22.4. The fourth-order valence-corrected chi connectivity index (χ4v) is 12.6. The van der Waals surface area contributed by atoms with Crippen molar-refractivity contribution in [1.82, 2.24) is 44.9 Å². The Morgan fingerprint density at radius 1 is 0.196 bits per heavy atom. The molecule has 92 heavy (non-hydrogen) atoms. The number of fused-ring (bicyclic) bond motifs is 4. The van der Waals surface area contributed by atoms with E-state index in [1.54, 1.807) is 18.6 Å². The summed E-state index contributed by atoms with van der Waals surface area (Å²) in [5.74, 6) is 1.98. The second kappa shape index (κ2) is 24.2. The topological polar surface area (TPSA) is 116 Å². The van der Waals surface area contributed by atoms with Crippen LogP contribution in [0.25, 0.3) is 168 Å². The van der Waals surface area contributed by atoms with E-state index in [2.05, 4.69) is 191 Å². The van der Waals surface area contributed by atoms with Gasteiger partial charge in [0.05, 0.1) is 34.2 Å². The van der Waals surface area contributed by atoms with Crippen LogP contribution in [0.4, 0.5) is 0 Å². The highest BCUT2D eigenvalue weighted by molar-refractivity contribution is 6.28. The van der Waals surface area contributed by atoms with Crippen molar-refractivity contribution >= 4 is 21.5 Å². The summed E-state index contributed by atoms with van der Waals surface area (Å²) in [6.45, 7) is 0. The van der Waals surface area contributed by atoms with Gasteiger partial charge < -0.3 is 0 Å². The normalized spacial score (nSPS) is 11.3. The Kier molecular flexibility index (Phi) is 14.4. The molecule has 9 nitrogen and oxygen atoms in total. The maximum absolute atomic E-state index is 5.13. The zero-order valence-corrected chi connectivity index (χ0v) is 49.6. The Morgan fingerprint density at radius 2 is 0.598 bits per heavy atom. The van der Waals surface area contributed by atoms with Gasteiger partial charge in [-0.3, -0.25) is 24.9 Å². The molecule has 0 unspecified atom stereocenters. The minimum absolute atomic E-state index is 0.657. The number of rotatable bonds is 11. The highest BCUT2D eigenvalue weighted by Crippen LogP contribution is 2.58. The molecule has 0 saturated carbocycles. The SMILES string of the molecule is c1ccc(-c2ccc(-c3cc(-c4cccnc4)cc(-c4ccc(-c5cccc(-c6ccccn6)n5)nc4)c3)cn2)nc1.c1ccc(-c2nc(-c3ccccc3)nc(-c3ccc4c5c(cccc35)-c3c-4c(-c4ccccc4)c4ccccc4c3-c3ccccc3)n2)cc1. The first-order chi connectivity index (χ1) is 45.6. The number of nitrogens with zero attached hydrogens (tertiary/aromatic N) is 9. The van der Waals surface area contributed by atoms with Crippen molar-refractivity contribution in [3.63, 3.8) is 0 Å². The predicted molar refractivity (Wildman–Crippen MR) is 372 cm³/mol. The quantitative estimate of drug-likeness (QED) is 0.125. The lowest BCUT2D eigenvalue weighted by Crippen LogP contribution is -2.00. The van der Waals surface area contributed by atoms with E-state index in [1.165, 1.54) is 60.7 Å². The first-order valence-corrected chi connectivity index (χ1v) is 30.6. The van der Waals surface area contributed by atoms with Gasteiger partial charge >= 0.3 is 0 Å². The first kappa shape index (κ1) is 54.8. The lowest BCUT2D eigenvalue weighted by Gasteiger charge is -2.20. The summed E-state index contributed by atoms with van der Waals surface area (Å²) in [6.07, 6.45) is 11.0. The molecule has 9 aromatic carbocycles. The summed E-state index contributed by atoms with van der Waals surface area (Å²) >= 11 is 0. The number of hydrogen-bond donors (Lipinski definition) is 0. The van der Waals surface area contributed by atoms with Gasteiger partial charge in [-0.2, -0.15) is 0 Å². The van der Waals surface area contributed by atoms with Crippen LogP contribution in [0.5, 0.6) is 0 Å². The van der Waals surface area contributed by atoms with Crippen LogP contribution in [-0.4, -0.2) is 44.9 Å². The minimum Gasteiger partial charge on any atom is -0.264 e. The van der Waals surface area contributed by atoms with Crippen LogP contribution in [0.1, 0.15) is 0 Å². The molecule has 16 aromatic rings. The molecular formula is C83H53N9. The highest BCUT2D eigenvalue weighted by Gasteiger charge is 2.32. The Morgan fingerprint density at radius 3 is 1.09 bits per heavy atom. The van der Waals surface area contributed by atoms with Crippen molar-refractivity contribution < 1.29 is 0 Å². The van der Waals surface area contributed by atoms with Crippen LogP contribution >= 0.6 is 0 Å². The molecule has 0 bridgehead atoms. The molecule has 0 aliphatic heterocycles. The maximum Gasteiger partial charge on any atom is 0.164 e. The van der Waals surface area contributed by atoms with E-state index < -0.39 is 0 Å². The Labute approximate surface area is 532 Å². The molecule has 0 N–H and O–H groups in total. The average molecular weight is 1180 g/mol. The molecule has 0 fully saturated rings. The summed E-state index contributed by atoms with van der Waals surface area (Å²) < 4.78 is 0. The maximum atomic E-state index is 5.13. The van der Waals surface area contributed by atoms with E-state index in [1.807, 2.05) is 128 Å². The lowest BCUT2D eigenvalue weighted by molar-refractivity contribution is 1.08. The van der Waals surface area contributed by atoms with E-state index in [9.17, 15) is 0 Å². The van der Waals surface area contributed by atoms with E-state index >= 15 is 0 Å². The molecule has 0 radical (unpaired) electrons. The fourth-order valence-electron chi connectivity index (χ4n) is 12.6. The van der Waals surface area contributed by atoms with Crippen LogP contribution in [0.3, 0.4) is 0 Å². The molecule has 7 aromatic heterocycles. The predicted octanol–water partition coefficient (Wildman–Crippen LogP) is 20.2. The summed E-state index contributed by atoms with van der Waals surface area (Å²) in [5, 5.41) is 4.85. The Balaban J connectivity index is 0.000000149. The molecule has 17 rings (SSSR count). The smallest absolute Gasteiger partial charge is 0.164 e. The molecule has 0 saturated heterocycles. The molecule has 430 valence electrons. The van der Waals surface area contributed by atoms with Crippen LogP contribution < -0.4 is 0 Å². The highest BCUT2D eigenvalue weighted by atomic mass is 15.0. The van der Waals surface area contributed by atoms with Crippen LogP contribution in [0, 0.1) is 0 Å². The van der Waals surface area contributed by atoms with E-state index in [-0.39, 0.29) is 0 Å². The minimum atomic E-state index is 0.657. The third-order valence-electron chi connectivity index (χ3n) is 16.8. The Hall–Kier alpha value is -12.6. The largest absolute Gasteiger partial charge is 0.264 e. The van der Waals surface area contributed by atoms with Crippen molar-refractivity contribution in [1.29, 1.82) is 0 Å². The van der Waals surface area contributed by atoms with Crippen LogP contribution in [0.2, 0.25) is 0 Å². The van der Waals surface area contributed by atoms with E-state index in [0.717, 1.165) is 89.6 Å². The molecule has 0 atom stereocenters.